The molecule has 1 aromatic carbocycles. The lowest BCUT2D eigenvalue weighted by atomic mass is 10.2. The maximum Gasteiger partial charge on any atom is 0.530 e. The lowest BCUT2D eigenvalue weighted by Crippen LogP contribution is -2.33. The van der Waals surface area contributed by atoms with Crippen LogP contribution in [0.5, 0.6) is 5.75 Å². The van der Waals surface area contributed by atoms with Crippen LogP contribution in [-0.2, 0) is 25.0 Å². The monoisotopic (exact) mass is 392 g/mol. The number of phosphoric ester groups is 1. The summed E-state index contributed by atoms with van der Waals surface area (Å²) in [6.45, 7) is 1.64. The van der Waals surface area contributed by atoms with Crippen LogP contribution in [-0.4, -0.2) is 22.3 Å². The molecule has 3 heterocycles. The second-order valence-corrected chi connectivity index (χ2v) is 7.74. The predicted octanol–water partition coefficient (Wildman–Crippen LogP) is 2.03. The van der Waals surface area contributed by atoms with Gasteiger partial charge in [-0.2, -0.15) is 0 Å². The van der Waals surface area contributed by atoms with E-state index in [9.17, 15) is 14.2 Å². The van der Waals surface area contributed by atoms with E-state index >= 15 is 0 Å². The van der Waals surface area contributed by atoms with Crippen LogP contribution in [0.25, 0.3) is 0 Å². The van der Waals surface area contributed by atoms with E-state index in [-0.39, 0.29) is 13.2 Å². The van der Waals surface area contributed by atoms with Gasteiger partial charge in [-0.1, -0.05) is 24.3 Å². The van der Waals surface area contributed by atoms with Crippen LogP contribution in [0.15, 0.2) is 52.2 Å². The molecule has 0 spiro atoms. The summed E-state index contributed by atoms with van der Waals surface area (Å²) < 4.78 is 35.5. The molecule has 0 fully saturated rings. The third kappa shape index (κ3) is 3.68. The van der Waals surface area contributed by atoms with Crippen molar-refractivity contribution in [2.75, 3.05) is 6.61 Å². The van der Waals surface area contributed by atoms with Gasteiger partial charge in [-0.15, -0.1) is 0 Å². The predicted molar refractivity (Wildman–Crippen MR) is 94.5 cm³/mol. The standard InChI is InChI=1S/C17H17N2O7P/c1-11-8-19(17(21)18-16(11)20)15-7-6-13(25-15)10-24-27(22)23-9-12-4-2-3-5-14(12)26-27/h2-8,13,15H,9-10H2,1H3,(H,18,20,21). The minimum absolute atomic E-state index is 0.0798. The molecule has 0 radical (unpaired) electrons. The molecule has 27 heavy (non-hydrogen) atoms. The van der Waals surface area contributed by atoms with E-state index in [0.29, 0.717) is 11.3 Å². The van der Waals surface area contributed by atoms with Crippen molar-refractivity contribution in [3.8, 4) is 5.75 Å². The van der Waals surface area contributed by atoms with Gasteiger partial charge in [-0.25, -0.2) is 9.36 Å². The van der Waals surface area contributed by atoms with Crippen LogP contribution in [0.3, 0.4) is 0 Å². The highest BCUT2D eigenvalue weighted by atomic mass is 31.2. The molecule has 142 valence electrons. The molecule has 0 bridgehead atoms. The van der Waals surface area contributed by atoms with Crippen molar-refractivity contribution < 1.29 is 22.9 Å². The fourth-order valence-electron chi connectivity index (χ4n) is 2.75. The number of H-pyrrole nitrogens is 1. The van der Waals surface area contributed by atoms with Gasteiger partial charge in [0.05, 0.1) is 13.2 Å². The number of hydrogen-bond donors (Lipinski definition) is 1. The Bertz CT molecular complexity index is 1060. The molecule has 1 aromatic heterocycles. The Balaban J connectivity index is 1.39. The zero-order valence-corrected chi connectivity index (χ0v) is 15.3. The van der Waals surface area contributed by atoms with Crippen LogP contribution in [0.4, 0.5) is 0 Å². The smallest absolute Gasteiger partial charge is 0.404 e. The second kappa shape index (κ2) is 6.94. The first-order chi connectivity index (χ1) is 12.9. The first-order valence-electron chi connectivity index (χ1n) is 8.26. The van der Waals surface area contributed by atoms with Crippen LogP contribution >= 0.6 is 7.82 Å². The van der Waals surface area contributed by atoms with Crippen molar-refractivity contribution in [1.29, 1.82) is 0 Å². The quantitative estimate of drug-likeness (QED) is 0.626. The van der Waals surface area contributed by atoms with Crippen molar-refractivity contribution >= 4 is 7.82 Å². The maximum atomic E-state index is 12.6. The number of nitrogens with zero attached hydrogens (tertiary/aromatic N) is 1. The van der Waals surface area contributed by atoms with Crippen LogP contribution in [0, 0.1) is 6.92 Å². The van der Waals surface area contributed by atoms with Gasteiger partial charge in [0.15, 0.2) is 6.23 Å². The normalized spacial score (nSPS) is 26.6. The highest BCUT2D eigenvalue weighted by Gasteiger charge is 2.35. The van der Waals surface area contributed by atoms with E-state index in [0.717, 1.165) is 5.56 Å². The first-order valence-corrected chi connectivity index (χ1v) is 9.72. The van der Waals surface area contributed by atoms with Crippen molar-refractivity contribution in [3.05, 3.63) is 74.6 Å². The molecule has 3 unspecified atom stereocenters. The highest BCUT2D eigenvalue weighted by molar-refractivity contribution is 7.49. The van der Waals surface area contributed by atoms with E-state index < -0.39 is 31.4 Å². The van der Waals surface area contributed by atoms with Crippen molar-refractivity contribution in [2.45, 2.75) is 25.9 Å². The molecule has 1 N–H and O–H groups in total. The zero-order valence-electron chi connectivity index (χ0n) is 14.4. The molecule has 0 aliphatic carbocycles. The highest BCUT2D eigenvalue weighted by Crippen LogP contribution is 2.54. The van der Waals surface area contributed by atoms with E-state index in [1.807, 2.05) is 12.1 Å². The summed E-state index contributed by atoms with van der Waals surface area (Å²) >= 11 is 0. The average Bonchev–Trinajstić information content (AvgIpc) is 3.12. The number of nitrogens with one attached hydrogen (secondary N) is 1. The molecule has 4 rings (SSSR count). The van der Waals surface area contributed by atoms with E-state index in [2.05, 4.69) is 4.98 Å². The van der Waals surface area contributed by atoms with E-state index in [4.69, 9.17) is 18.3 Å². The number of aromatic nitrogens is 2. The summed E-state index contributed by atoms with van der Waals surface area (Å²) in [5, 5.41) is 0. The summed E-state index contributed by atoms with van der Waals surface area (Å²) in [7, 11) is -3.74. The molecule has 0 saturated heterocycles. The molecule has 3 atom stereocenters. The Morgan fingerprint density at radius 2 is 2.11 bits per heavy atom. The van der Waals surface area contributed by atoms with E-state index in [1.54, 1.807) is 31.2 Å². The Kier molecular flexibility index (Phi) is 4.61. The summed E-state index contributed by atoms with van der Waals surface area (Å²) in [5.41, 5.74) is 0.157. The number of aryl methyl sites for hydroxylation is 1. The number of aromatic amines is 1. The number of hydrogen-bond acceptors (Lipinski definition) is 7. The fourth-order valence-corrected chi connectivity index (χ4v) is 3.98. The van der Waals surface area contributed by atoms with Crippen LogP contribution < -0.4 is 15.8 Å². The fraction of sp³-hybridized carbons (Fsp3) is 0.294. The SMILES string of the molecule is Cc1cn(C2C=CC(COP3(=O)OCc4ccccc4O3)O2)c(=O)[nH]c1=O. The molecule has 9 nitrogen and oxygen atoms in total. The van der Waals surface area contributed by atoms with Crippen molar-refractivity contribution in [2.24, 2.45) is 0 Å². The Hall–Kier alpha value is -2.45. The van der Waals surface area contributed by atoms with Crippen molar-refractivity contribution in [3.63, 3.8) is 0 Å². The van der Waals surface area contributed by atoms with Gasteiger partial charge in [-0.05, 0) is 19.1 Å². The van der Waals surface area contributed by atoms with Gasteiger partial charge in [0, 0.05) is 17.3 Å². The van der Waals surface area contributed by atoms with Gasteiger partial charge >= 0.3 is 13.5 Å². The van der Waals surface area contributed by atoms with Crippen LogP contribution in [0.1, 0.15) is 17.4 Å². The molecule has 0 amide bonds. The molecular formula is C17H17N2O7P. The molecule has 2 aliphatic rings. The summed E-state index contributed by atoms with van der Waals surface area (Å²) in [6.07, 6.45) is 3.51. The third-order valence-corrected chi connectivity index (χ3v) is 5.51. The number of fused-ring (bicyclic) bond motifs is 1. The van der Waals surface area contributed by atoms with Gasteiger partial charge in [-0.3, -0.25) is 23.4 Å². The Morgan fingerprint density at radius 3 is 2.96 bits per heavy atom. The largest absolute Gasteiger partial charge is 0.530 e. The third-order valence-electron chi connectivity index (χ3n) is 4.18. The lowest BCUT2D eigenvalue weighted by Gasteiger charge is -2.25. The minimum Gasteiger partial charge on any atom is -0.404 e. The topological polar surface area (TPSA) is 109 Å². The van der Waals surface area contributed by atoms with Gasteiger partial charge in [0.25, 0.3) is 5.56 Å². The van der Waals surface area contributed by atoms with Gasteiger partial charge < -0.3 is 9.26 Å². The second-order valence-electron chi connectivity index (χ2n) is 6.14. The van der Waals surface area contributed by atoms with Crippen LogP contribution in [0.2, 0.25) is 0 Å². The molecule has 0 saturated carbocycles. The molecule has 2 aliphatic heterocycles. The summed E-state index contributed by atoms with van der Waals surface area (Å²) in [4.78, 5) is 25.6. The minimum atomic E-state index is -3.74. The summed E-state index contributed by atoms with van der Waals surface area (Å²) in [5.74, 6) is 0.461. The zero-order chi connectivity index (χ0) is 19.0. The molecule has 10 heteroatoms. The first kappa shape index (κ1) is 17.9. The van der Waals surface area contributed by atoms with Gasteiger partial charge in [0.1, 0.15) is 11.9 Å². The van der Waals surface area contributed by atoms with E-state index in [1.165, 1.54) is 10.8 Å². The average molecular weight is 392 g/mol. The van der Waals surface area contributed by atoms with Gasteiger partial charge in [0.2, 0.25) is 0 Å². The maximum absolute atomic E-state index is 12.6. The van der Waals surface area contributed by atoms with Crippen molar-refractivity contribution in [1.82, 2.24) is 9.55 Å². The summed E-state index contributed by atoms with van der Waals surface area (Å²) in [6, 6.07) is 7.11. The Labute approximate surface area is 153 Å². The Morgan fingerprint density at radius 1 is 1.30 bits per heavy atom. The number of benzene rings is 1. The number of rotatable bonds is 4. The lowest BCUT2D eigenvalue weighted by molar-refractivity contribution is -0.0130. The number of para-hydroxylation sites is 1. The number of ether oxygens (including phenoxy) is 1. The molecular weight excluding hydrogens is 375 g/mol. The number of phosphoric acid groups is 1. The molecule has 2 aromatic rings.